The highest BCUT2D eigenvalue weighted by atomic mass is 16.7. The molecule has 0 aliphatic heterocycles. The summed E-state index contributed by atoms with van der Waals surface area (Å²) < 4.78 is 10.8. The van der Waals surface area contributed by atoms with Crippen LogP contribution >= 0.6 is 0 Å². The van der Waals surface area contributed by atoms with Crippen molar-refractivity contribution in [2.75, 3.05) is 19.2 Å². The van der Waals surface area contributed by atoms with E-state index in [0.717, 1.165) is 17.0 Å². The van der Waals surface area contributed by atoms with Crippen LogP contribution in [-0.2, 0) is 4.74 Å². The van der Waals surface area contributed by atoms with E-state index >= 15 is 0 Å². The predicted molar refractivity (Wildman–Crippen MR) is 97.3 cm³/mol. The molecule has 0 saturated heterocycles. The van der Waals surface area contributed by atoms with Crippen molar-refractivity contribution in [2.45, 2.75) is 6.04 Å². The van der Waals surface area contributed by atoms with Gasteiger partial charge in [-0.25, -0.2) is 0 Å². The molecule has 3 heteroatoms. The van der Waals surface area contributed by atoms with E-state index in [1.807, 2.05) is 54.6 Å². The molecule has 3 aromatic carbocycles. The third-order valence-corrected chi connectivity index (χ3v) is 3.78. The normalized spacial score (nSPS) is 11.7. The summed E-state index contributed by atoms with van der Waals surface area (Å²) in [6, 6.07) is 28.6. The number of benzene rings is 3. The minimum atomic E-state index is -0.0124. The lowest BCUT2D eigenvalue weighted by Crippen LogP contribution is -2.14. The second-order valence-corrected chi connectivity index (χ2v) is 5.44. The maximum absolute atomic E-state index is 5.76. The number of anilines is 1. The van der Waals surface area contributed by atoms with E-state index in [9.17, 15) is 0 Å². The van der Waals surface area contributed by atoms with Gasteiger partial charge in [-0.3, -0.25) is 0 Å². The van der Waals surface area contributed by atoms with Crippen molar-refractivity contribution in [1.82, 2.24) is 0 Å². The van der Waals surface area contributed by atoms with Crippen LogP contribution in [0.5, 0.6) is 5.75 Å². The Kier molecular flexibility index (Phi) is 5.48. The lowest BCUT2D eigenvalue weighted by molar-refractivity contribution is 0.0503. The molecule has 122 valence electrons. The lowest BCUT2D eigenvalue weighted by Gasteiger charge is -2.23. The van der Waals surface area contributed by atoms with E-state index in [0.29, 0.717) is 0 Å². The predicted octanol–water partition coefficient (Wildman–Crippen LogP) is 4.87. The van der Waals surface area contributed by atoms with E-state index in [1.165, 1.54) is 5.56 Å². The van der Waals surface area contributed by atoms with Gasteiger partial charge >= 0.3 is 0 Å². The van der Waals surface area contributed by atoms with Gasteiger partial charge in [0.15, 0.2) is 6.79 Å². The van der Waals surface area contributed by atoms with Crippen LogP contribution in [0, 0.1) is 0 Å². The monoisotopic (exact) mass is 319 g/mol. The molecule has 3 rings (SSSR count). The minimum absolute atomic E-state index is 0.0124. The fraction of sp³-hybridized carbons (Fsp3) is 0.143. The minimum Gasteiger partial charge on any atom is -0.467 e. The van der Waals surface area contributed by atoms with Crippen LogP contribution in [0.1, 0.15) is 17.2 Å². The quantitative estimate of drug-likeness (QED) is 0.630. The number of para-hydroxylation sites is 2. The summed E-state index contributed by atoms with van der Waals surface area (Å²) in [5, 5.41) is 3.61. The van der Waals surface area contributed by atoms with Crippen molar-refractivity contribution >= 4 is 5.69 Å². The first-order chi connectivity index (χ1) is 11.9. The zero-order chi connectivity index (χ0) is 16.6. The molecule has 0 aliphatic rings. The van der Waals surface area contributed by atoms with E-state index in [-0.39, 0.29) is 12.8 Å². The molecular formula is C21H21NO2. The first-order valence-electron chi connectivity index (χ1n) is 7.95. The maximum atomic E-state index is 5.76. The Balaban J connectivity index is 1.99. The van der Waals surface area contributed by atoms with Gasteiger partial charge in [0.1, 0.15) is 5.75 Å². The number of hydrogen-bond acceptors (Lipinski definition) is 3. The van der Waals surface area contributed by atoms with Gasteiger partial charge in [0.25, 0.3) is 0 Å². The molecule has 3 nitrogen and oxygen atoms in total. The molecule has 1 atom stereocenters. The standard InChI is InChI=1S/C21H21NO2/c1-23-16-24-20-15-9-8-14-19(20)21(17-10-4-2-5-11-17)22-18-12-6-3-7-13-18/h2-15,21-22H,16H2,1H3. The van der Waals surface area contributed by atoms with Crippen LogP contribution in [0.25, 0.3) is 0 Å². The number of methoxy groups -OCH3 is 1. The summed E-state index contributed by atoms with van der Waals surface area (Å²) in [7, 11) is 1.62. The van der Waals surface area contributed by atoms with Gasteiger partial charge in [0.2, 0.25) is 0 Å². The Morgan fingerprint density at radius 3 is 2.12 bits per heavy atom. The van der Waals surface area contributed by atoms with Crippen molar-refractivity contribution in [3.05, 3.63) is 96.1 Å². The average Bonchev–Trinajstić information content (AvgIpc) is 2.66. The fourth-order valence-corrected chi connectivity index (χ4v) is 2.66. The first kappa shape index (κ1) is 16.1. The van der Waals surface area contributed by atoms with E-state index in [4.69, 9.17) is 9.47 Å². The van der Waals surface area contributed by atoms with Crippen molar-refractivity contribution in [3.8, 4) is 5.75 Å². The molecule has 0 aromatic heterocycles. The third-order valence-electron chi connectivity index (χ3n) is 3.78. The average molecular weight is 319 g/mol. The first-order valence-corrected chi connectivity index (χ1v) is 7.95. The lowest BCUT2D eigenvalue weighted by atomic mass is 9.97. The number of ether oxygens (including phenoxy) is 2. The Morgan fingerprint density at radius 2 is 1.42 bits per heavy atom. The Bertz CT molecular complexity index is 744. The fourth-order valence-electron chi connectivity index (χ4n) is 2.66. The molecule has 24 heavy (non-hydrogen) atoms. The van der Waals surface area contributed by atoms with Crippen LogP contribution in [-0.4, -0.2) is 13.9 Å². The molecule has 0 aliphatic carbocycles. The van der Waals surface area contributed by atoms with Gasteiger partial charge in [0, 0.05) is 18.4 Å². The zero-order valence-electron chi connectivity index (χ0n) is 13.7. The van der Waals surface area contributed by atoms with Gasteiger partial charge in [-0.05, 0) is 23.8 Å². The van der Waals surface area contributed by atoms with Gasteiger partial charge in [-0.1, -0.05) is 66.7 Å². The molecule has 1 N–H and O–H groups in total. The van der Waals surface area contributed by atoms with E-state index in [2.05, 4.69) is 35.6 Å². The second kappa shape index (κ2) is 8.18. The van der Waals surface area contributed by atoms with Crippen LogP contribution in [0.2, 0.25) is 0 Å². The molecular weight excluding hydrogens is 298 g/mol. The molecule has 0 saturated carbocycles. The van der Waals surface area contributed by atoms with Crippen molar-refractivity contribution in [1.29, 1.82) is 0 Å². The molecule has 0 fully saturated rings. The molecule has 1 unspecified atom stereocenters. The molecule has 0 bridgehead atoms. The SMILES string of the molecule is COCOc1ccccc1C(Nc1ccccc1)c1ccccc1. The van der Waals surface area contributed by atoms with Crippen LogP contribution in [0.3, 0.4) is 0 Å². The van der Waals surface area contributed by atoms with Crippen molar-refractivity contribution < 1.29 is 9.47 Å². The third kappa shape index (κ3) is 3.94. The number of rotatable bonds is 7. The summed E-state index contributed by atoms with van der Waals surface area (Å²) in [5.41, 5.74) is 3.31. The molecule has 0 radical (unpaired) electrons. The Hall–Kier alpha value is -2.78. The molecule has 3 aromatic rings. The van der Waals surface area contributed by atoms with Crippen molar-refractivity contribution in [2.24, 2.45) is 0 Å². The second-order valence-electron chi connectivity index (χ2n) is 5.44. The molecule has 0 spiro atoms. The summed E-state index contributed by atoms with van der Waals surface area (Å²) in [4.78, 5) is 0. The molecule has 0 amide bonds. The largest absolute Gasteiger partial charge is 0.467 e. The highest BCUT2D eigenvalue weighted by Crippen LogP contribution is 2.32. The smallest absolute Gasteiger partial charge is 0.188 e. The summed E-state index contributed by atoms with van der Waals surface area (Å²) in [5.74, 6) is 0.816. The zero-order valence-corrected chi connectivity index (χ0v) is 13.7. The van der Waals surface area contributed by atoms with E-state index in [1.54, 1.807) is 7.11 Å². The van der Waals surface area contributed by atoms with Crippen molar-refractivity contribution in [3.63, 3.8) is 0 Å². The van der Waals surface area contributed by atoms with E-state index < -0.39 is 0 Å². The molecule has 0 heterocycles. The Morgan fingerprint density at radius 1 is 0.792 bits per heavy atom. The highest BCUT2D eigenvalue weighted by molar-refractivity contribution is 5.52. The summed E-state index contributed by atoms with van der Waals surface area (Å²) in [6.07, 6.45) is 0. The van der Waals surface area contributed by atoms with Crippen LogP contribution in [0.15, 0.2) is 84.9 Å². The van der Waals surface area contributed by atoms with Crippen LogP contribution < -0.4 is 10.1 Å². The van der Waals surface area contributed by atoms with Gasteiger partial charge < -0.3 is 14.8 Å². The maximum Gasteiger partial charge on any atom is 0.188 e. The number of nitrogens with one attached hydrogen (secondary N) is 1. The van der Waals surface area contributed by atoms with Gasteiger partial charge in [-0.15, -0.1) is 0 Å². The van der Waals surface area contributed by atoms with Gasteiger partial charge in [0.05, 0.1) is 6.04 Å². The summed E-state index contributed by atoms with van der Waals surface area (Å²) in [6.45, 7) is 0.226. The van der Waals surface area contributed by atoms with Crippen LogP contribution in [0.4, 0.5) is 5.69 Å². The Labute approximate surface area is 142 Å². The topological polar surface area (TPSA) is 30.5 Å². The van der Waals surface area contributed by atoms with Gasteiger partial charge in [-0.2, -0.15) is 0 Å². The number of hydrogen-bond donors (Lipinski definition) is 1. The highest BCUT2D eigenvalue weighted by Gasteiger charge is 2.18. The summed E-state index contributed by atoms with van der Waals surface area (Å²) >= 11 is 0.